The molecular formula is C7H9F7O4P-. The van der Waals surface area contributed by atoms with E-state index in [4.69, 9.17) is 0 Å². The predicted molar refractivity (Wildman–Crippen MR) is 45.8 cm³/mol. The van der Waals surface area contributed by atoms with Crippen molar-refractivity contribution in [2.75, 3.05) is 13.2 Å². The number of hydrogen-bond donors (Lipinski definition) is 0. The largest absolute Gasteiger partial charge is 0.756 e. The van der Waals surface area contributed by atoms with Crippen LogP contribution in [0.15, 0.2) is 0 Å². The summed E-state index contributed by atoms with van der Waals surface area (Å²) in [7, 11) is -5.36. The Morgan fingerprint density at radius 1 is 1.05 bits per heavy atom. The van der Waals surface area contributed by atoms with Gasteiger partial charge in [-0.1, -0.05) is 6.92 Å². The molecule has 0 bridgehead atoms. The van der Waals surface area contributed by atoms with Crippen molar-refractivity contribution in [1.29, 1.82) is 0 Å². The van der Waals surface area contributed by atoms with E-state index in [0.29, 0.717) is 0 Å². The molecule has 12 heteroatoms. The highest BCUT2D eigenvalue weighted by Crippen LogP contribution is 2.49. The zero-order valence-corrected chi connectivity index (χ0v) is 10.2. The van der Waals surface area contributed by atoms with Crippen LogP contribution in [0.1, 0.15) is 13.3 Å². The Labute approximate surface area is 103 Å². The van der Waals surface area contributed by atoms with Crippen molar-refractivity contribution in [2.24, 2.45) is 0 Å². The van der Waals surface area contributed by atoms with Crippen LogP contribution in [0.25, 0.3) is 0 Å². The van der Waals surface area contributed by atoms with Crippen LogP contribution < -0.4 is 4.89 Å². The third kappa shape index (κ3) is 4.90. The quantitative estimate of drug-likeness (QED) is 0.534. The lowest BCUT2D eigenvalue weighted by molar-refractivity contribution is -0.360. The minimum absolute atomic E-state index is 0.130. The van der Waals surface area contributed by atoms with Gasteiger partial charge in [0.1, 0.15) is 6.61 Å². The topological polar surface area (TPSA) is 58.6 Å². The lowest BCUT2D eigenvalue weighted by Crippen LogP contribution is -2.54. The molecule has 0 saturated carbocycles. The molecule has 0 spiro atoms. The maximum absolute atomic E-state index is 12.6. The minimum atomic E-state index is -6.54. The summed E-state index contributed by atoms with van der Waals surface area (Å²) in [4.78, 5) is 10.7. The Balaban J connectivity index is 4.76. The third-order valence-corrected chi connectivity index (χ3v) is 2.62. The fourth-order valence-electron chi connectivity index (χ4n) is 0.698. The van der Waals surface area contributed by atoms with Gasteiger partial charge in [-0.15, -0.1) is 0 Å². The molecule has 116 valence electrons. The summed E-state index contributed by atoms with van der Waals surface area (Å²) in [5.41, 5.74) is 0. The SMILES string of the molecule is CCCOP(=O)([O-])OCC(F)(F)C(F)(F)C(F)(F)F. The molecule has 0 heterocycles. The summed E-state index contributed by atoms with van der Waals surface area (Å²) in [5.74, 6) is -12.2. The van der Waals surface area contributed by atoms with Gasteiger partial charge in [0.15, 0.2) is 0 Å². The van der Waals surface area contributed by atoms with Crippen LogP contribution in [0.2, 0.25) is 0 Å². The number of phosphoric acid groups is 1. The molecule has 0 fully saturated rings. The Morgan fingerprint density at radius 2 is 1.53 bits per heavy atom. The van der Waals surface area contributed by atoms with E-state index in [1.807, 2.05) is 0 Å². The maximum atomic E-state index is 12.6. The molecular weight excluding hydrogens is 312 g/mol. The van der Waals surface area contributed by atoms with Gasteiger partial charge in [0.2, 0.25) is 0 Å². The van der Waals surface area contributed by atoms with Gasteiger partial charge in [-0.05, 0) is 6.42 Å². The third-order valence-electron chi connectivity index (χ3n) is 1.67. The molecule has 0 rings (SSSR count). The molecule has 0 N–H and O–H groups in total. The summed E-state index contributed by atoms with van der Waals surface area (Å²) in [6, 6.07) is 0. The lowest BCUT2D eigenvalue weighted by Gasteiger charge is -2.30. The van der Waals surface area contributed by atoms with Gasteiger partial charge in [0.25, 0.3) is 7.82 Å². The number of rotatable bonds is 7. The van der Waals surface area contributed by atoms with Gasteiger partial charge in [-0.2, -0.15) is 30.7 Å². The molecule has 0 aliphatic carbocycles. The average molecular weight is 321 g/mol. The van der Waals surface area contributed by atoms with E-state index >= 15 is 0 Å². The van der Waals surface area contributed by atoms with Crippen LogP contribution in [0.5, 0.6) is 0 Å². The van der Waals surface area contributed by atoms with Gasteiger partial charge >= 0.3 is 18.0 Å². The molecule has 0 aliphatic heterocycles. The average Bonchev–Trinajstić information content (AvgIpc) is 2.22. The smallest absolute Gasteiger partial charge is 0.459 e. The molecule has 1 unspecified atom stereocenters. The van der Waals surface area contributed by atoms with Crippen molar-refractivity contribution in [3.63, 3.8) is 0 Å². The van der Waals surface area contributed by atoms with E-state index in [2.05, 4.69) is 9.05 Å². The first-order valence-corrected chi connectivity index (χ1v) is 6.15. The van der Waals surface area contributed by atoms with Crippen molar-refractivity contribution in [2.45, 2.75) is 31.4 Å². The zero-order valence-electron chi connectivity index (χ0n) is 9.35. The van der Waals surface area contributed by atoms with Gasteiger partial charge < -0.3 is 13.9 Å². The molecule has 4 nitrogen and oxygen atoms in total. The van der Waals surface area contributed by atoms with E-state index < -0.39 is 39.1 Å². The van der Waals surface area contributed by atoms with Crippen LogP contribution in [-0.2, 0) is 13.6 Å². The summed E-state index contributed by atoms with van der Waals surface area (Å²) in [5, 5.41) is 0. The van der Waals surface area contributed by atoms with E-state index in [1.54, 1.807) is 0 Å². The Bertz CT molecular complexity index is 343. The van der Waals surface area contributed by atoms with Gasteiger partial charge in [-0.3, -0.25) is 4.57 Å². The predicted octanol–water partition coefficient (Wildman–Crippen LogP) is 2.73. The van der Waals surface area contributed by atoms with Gasteiger partial charge in [0, 0.05) is 0 Å². The first-order valence-electron chi connectivity index (χ1n) is 4.69. The lowest BCUT2D eigenvalue weighted by atomic mass is 10.2. The highest BCUT2D eigenvalue weighted by atomic mass is 31.2. The van der Waals surface area contributed by atoms with Crippen LogP contribution >= 0.6 is 7.82 Å². The van der Waals surface area contributed by atoms with E-state index in [0.717, 1.165) is 0 Å². The summed E-state index contributed by atoms with van der Waals surface area (Å²) in [6.45, 7) is -1.72. The normalized spacial score (nSPS) is 17.3. The standard InChI is InChI=1S/C7H10F7O4P/c1-2-3-17-19(15,16)18-4-5(8,9)6(10,11)7(12,13)14/h2-4H2,1H3,(H,15,16)/p-1. The Morgan fingerprint density at radius 3 is 1.89 bits per heavy atom. The summed E-state index contributed by atoms with van der Waals surface area (Å²) >= 11 is 0. The van der Waals surface area contributed by atoms with Crippen LogP contribution in [0, 0.1) is 0 Å². The monoisotopic (exact) mass is 321 g/mol. The molecule has 0 aromatic rings. The fourth-order valence-corrected chi connectivity index (χ4v) is 1.50. The molecule has 0 saturated heterocycles. The number of alkyl halides is 7. The summed E-state index contributed by atoms with van der Waals surface area (Å²) < 4.78 is 103. The highest BCUT2D eigenvalue weighted by molar-refractivity contribution is 7.45. The minimum Gasteiger partial charge on any atom is -0.756 e. The number of halogens is 7. The fraction of sp³-hybridized carbons (Fsp3) is 1.00. The first kappa shape index (κ1) is 18.6. The van der Waals surface area contributed by atoms with Crippen molar-refractivity contribution in [1.82, 2.24) is 0 Å². The number of hydrogen-bond acceptors (Lipinski definition) is 4. The van der Waals surface area contributed by atoms with Crippen LogP contribution in [0.3, 0.4) is 0 Å². The second kappa shape index (κ2) is 5.94. The molecule has 19 heavy (non-hydrogen) atoms. The van der Waals surface area contributed by atoms with Crippen LogP contribution in [-0.4, -0.2) is 31.2 Å². The first-order chi connectivity index (χ1) is 8.27. The molecule has 0 aromatic carbocycles. The Hall–Kier alpha value is -0.380. The van der Waals surface area contributed by atoms with Crippen molar-refractivity contribution in [3.8, 4) is 0 Å². The van der Waals surface area contributed by atoms with Gasteiger partial charge in [-0.25, -0.2) is 0 Å². The molecule has 1 atom stereocenters. The van der Waals surface area contributed by atoms with Crippen molar-refractivity contribution in [3.05, 3.63) is 0 Å². The second-order valence-electron chi connectivity index (χ2n) is 3.33. The molecule has 0 radical (unpaired) electrons. The summed E-state index contributed by atoms with van der Waals surface area (Å²) in [6.07, 6.45) is -6.41. The van der Waals surface area contributed by atoms with Gasteiger partial charge in [0.05, 0.1) is 6.61 Å². The van der Waals surface area contributed by atoms with E-state index in [9.17, 15) is 40.2 Å². The Kier molecular flexibility index (Phi) is 5.82. The van der Waals surface area contributed by atoms with Crippen molar-refractivity contribution < 1.29 is 49.2 Å². The van der Waals surface area contributed by atoms with Crippen molar-refractivity contribution >= 4 is 7.82 Å². The van der Waals surface area contributed by atoms with E-state index in [1.165, 1.54) is 6.92 Å². The molecule has 0 aliphatic rings. The second-order valence-corrected chi connectivity index (χ2v) is 4.74. The van der Waals surface area contributed by atoms with Crippen LogP contribution in [0.4, 0.5) is 30.7 Å². The molecule has 0 amide bonds. The molecule has 0 aromatic heterocycles. The number of phosphoric ester groups is 1. The highest BCUT2D eigenvalue weighted by Gasteiger charge is 2.73. The zero-order chi connectivity index (χ0) is 15.5. The maximum Gasteiger partial charge on any atom is 0.459 e. The van der Waals surface area contributed by atoms with E-state index in [-0.39, 0.29) is 6.42 Å².